The van der Waals surface area contributed by atoms with E-state index in [0.29, 0.717) is 34.2 Å². The van der Waals surface area contributed by atoms with E-state index in [-0.39, 0.29) is 5.78 Å². The Balaban J connectivity index is 1.15. The van der Waals surface area contributed by atoms with Gasteiger partial charge in [-0.25, -0.2) is 4.79 Å². The highest BCUT2D eigenvalue weighted by Gasteiger charge is 2.23. The number of fused-ring (bicyclic) bond motifs is 2. The van der Waals surface area contributed by atoms with Crippen LogP contribution in [0.5, 0.6) is 11.5 Å². The number of anilines is 1. The van der Waals surface area contributed by atoms with E-state index in [9.17, 15) is 9.59 Å². The molecule has 6 rings (SSSR count). The molecule has 1 heterocycles. The summed E-state index contributed by atoms with van der Waals surface area (Å²) in [5.41, 5.74) is 3.23. The summed E-state index contributed by atoms with van der Waals surface area (Å²) in [7, 11) is 0. The maximum atomic E-state index is 12.7. The number of carbonyl (C=O) groups excluding carboxylic acids is 2. The molecule has 0 amide bonds. The molecule has 38 heavy (non-hydrogen) atoms. The lowest BCUT2D eigenvalue weighted by molar-refractivity contribution is -0.109. The third-order valence-corrected chi connectivity index (χ3v) is 6.52. The lowest BCUT2D eigenvalue weighted by Gasteiger charge is -2.07. The topological polar surface area (TPSA) is 77.0 Å². The molecule has 0 saturated carbocycles. The molecule has 4 aromatic carbocycles. The zero-order chi connectivity index (χ0) is 26.1. The first-order valence-electron chi connectivity index (χ1n) is 11.8. The number of halogens is 1. The third kappa shape index (κ3) is 4.92. The molecule has 2 aliphatic rings. The van der Waals surface area contributed by atoms with Crippen LogP contribution in [-0.4, -0.2) is 18.0 Å². The molecule has 0 aromatic heterocycles. The Kier molecular flexibility index (Phi) is 6.19. The fraction of sp³-hybridized carbons (Fsp3) is 0. The highest BCUT2D eigenvalue weighted by atomic mass is 79.9. The van der Waals surface area contributed by atoms with Crippen LogP contribution < -0.4 is 25.2 Å². The Hall–Kier alpha value is -4.75. The molecule has 0 bridgehead atoms. The molecule has 0 fully saturated rings. The van der Waals surface area contributed by atoms with E-state index in [1.807, 2.05) is 66.7 Å². The number of aliphatic imine (C=N–C) groups is 1. The summed E-state index contributed by atoms with van der Waals surface area (Å²) in [5.74, 6) is 0.945. The van der Waals surface area contributed by atoms with Crippen molar-refractivity contribution < 1.29 is 19.1 Å². The Bertz CT molecular complexity index is 1790. The third-order valence-electron chi connectivity index (χ3n) is 6.03. The first-order chi connectivity index (χ1) is 18.5. The van der Waals surface area contributed by atoms with E-state index < -0.39 is 5.97 Å². The maximum Gasteiger partial charge on any atom is 0.343 e. The quantitative estimate of drug-likeness (QED) is 0.158. The number of esters is 1. The molecule has 1 aliphatic carbocycles. The van der Waals surface area contributed by atoms with Crippen LogP contribution in [0.2, 0.25) is 0 Å². The normalized spacial score (nSPS) is 15.6. The molecule has 0 radical (unpaired) electrons. The summed E-state index contributed by atoms with van der Waals surface area (Å²) in [6.45, 7) is 0. The summed E-state index contributed by atoms with van der Waals surface area (Å²) in [4.78, 5) is 29.6. The second-order valence-electron chi connectivity index (χ2n) is 8.66. The van der Waals surface area contributed by atoms with Crippen LogP contribution in [0.25, 0.3) is 12.2 Å². The first kappa shape index (κ1) is 23.6. The van der Waals surface area contributed by atoms with Gasteiger partial charge >= 0.3 is 5.97 Å². The van der Waals surface area contributed by atoms with Gasteiger partial charge in [0.15, 0.2) is 11.5 Å². The van der Waals surface area contributed by atoms with Gasteiger partial charge in [-0.2, -0.15) is 0 Å². The molecule has 0 spiro atoms. The van der Waals surface area contributed by atoms with Crippen molar-refractivity contribution in [2.75, 3.05) is 5.32 Å². The monoisotopic (exact) mass is 562 g/mol. The average molecular weight is 563 g/mol. The van der Waals surface area contributed by atoms with Crippen LogP contribution in [0.15, 0.2) is 112 Å². The Morgan fingerprint density at radius 2 is 1.68 bits per heavy atom. The predicted molar refractivity (Wildman–Crippen MR) is 150 cm³/mol. The van der Waals surface area contributed by atoms with Crippen LogP contribution >= 0.6 is 15.9 Å². The fourth-order valence-corrected chi connectivity index (χ4v) is 4.51. The van der Waals surface area contributed by atoms with Gasteiger partial charge in [-0.3, -0.25) is 9.79 Å². The van der Waals surface area contributed by atoms with Crippen LogP contribution in [-0.2, 0) is 4.79 Å². The van der Waals surface area contributed by atoms with Crippen LogP contribution in [0.1, 0.15) is 15.9 Å². The largest absolute Gasteiger partial charge is 0.438 e. The van der Waals surface area contributed by atoms with Gasteiger partial charge < -0.3 is 14.8 Å². The molecule has 184 valence electrons. The lowest BCUT2D eigenvalue weighted by Crippen LogP contribution is -2.30. The van der Waals surface area contributed by atoms with Crippen molar-refractivity contribution >= 4 is 57.4 Å². The van der Waals surface area contributed by atoms with Gasteiger partial charge in [0.2, 0.25) is 5.88 Å². The molecule has 1 aliphatic heterocycles. The minimum atomic E-state index is -0.426. The number of ketones is 1. The number of Topliss-reactive ketones (excluding diaryl/α,β-unsaturated/α-hetero) is 1. The van der Waals surface area contributed by atoms with Crippen molar-refractivity contribution in [1.29, 1.82) is 0 Å². The molecule has 7 heteroatoms. The fourth-order valence-electron chi connectivity index (χ4n) is 4.11. The van der Waals surface area contributed by atoms with Gasteiger partial charge in [0.05, 0.1) is 22.5 Å². The number of hydrogen-bond donors (Lipinski definition) is 1. The van der Waals surface area contributed by atoms with Crippen LogP contribution in [0.3, 0.4) is 0 Å². The molecule has 1 N–H and O–H groups in total. The van der Waals surface area contributed by atoms with Gasteiger partial charge in [0.25, 0.3) is 0 Å². The summed E-state index contributed by atoms with van der Waals surface area (Å²) in [6, 6.07) is 27.4. The predicted octanol–water partition coefficient (Wildman–Crippen LogP) is 5.28. The van der Waals surface area contributed by atoms with E-state index in [1.54, 1.807) is 42.6 Å². The summed E-state index contributed by atoms with van der Waals surface area (Å²) < 4.78 is 12.2. The van der Waals surface area contributed by atoms with Crippen molar-refractivity contribution in [2.45, 2.75) is 0 Å². The molecule has 0 atom stereocenters. The van der Waals surface area contributed by atoms with Gasteiger partial charge in [-0.1, -0.05) is 46.3 Å². The van der Waals surface area contributed by atoms with E-state index in [4.69, 9.17) is 9.47 Å². The molecular formula is C31H19BrN2O4. The van der Waals surface area contributed by atoms with Crippen molar-refractivity contribution in [3.05, 3.63) is 128 Å². The second-order valence-corrected chi connectivity index (χ2v) is 9.57. The van der Waals surface area contributed by atoms with Gasteiger partial charge in [0.1, 0.15) is 5.75 Å². The SMILES string of the molecule is O=C1C=c2ccccc2=CC1=C1Nc2cc(N=Cc3ccc(OC(=O)c4cccc(Br)c4)cc3)ccc2O1. The van der Waals surface area contributed by atoms with Crippen LogP contribution in [0, 0.1) is 0 Å². The van der Waals surface area contributed by atoms with E-state index in [0.717, 1.165) is 26.2 Å². The minimum Gasteiger partial charge on any atom is -0.438 e. The summed E-state index contributed by atoms with van der Waals surface area (Å²) in [6.07, 6.45) is 5.18. The molecular weight excluding hydrogens is 544 g/mol. The Morgan fingerprint density at radius 1 is 0.895 bits per heavy atom. The van der Waals surface area contributed by atoms with Gasteiger partial charge in [-0.15, -0.1) is 0 Å². The number of allylic oxidation sites excluding steroid dienone is 1. The number of ether oxygens (including phenoxy) is 2. The number of nitrogens with zero attached hydrogens (tertiary/aromatic N) is 1. The number of rotatable bonds is 4. The highest BCUT2D eigenvalue weighted by Crippen LogP contribution is 2.37. The minimum absolute atomic E-state index is 0.108. The lowest BCUT2D eigenvalue weighted by atomic mass is 10.0. The highest BCUT2D eigenvalue weighted by molar-refractivity contribution is 9.10. The number of carbonyl (C=O) groups is 2. The standard InChI is InChI=1S/C31H19BrN2O4/c32-23-7-3-6-22(14-23)31(36)37-25-11-8-19(9-12-25)18-33-24-10-13-29-27(17-24)34-30(38-29)26-15-20-4-1-2-5-21(20)16-28(26)35/h1-18,34H. The van der Waals surface area contributed by atoms with Crippen molar-refractivity contribution in [2.24, 2.45) is 4.99 Å². The smallest absolute Gasteiger partial charge is 0.343 e. The molecule has 6 nitrogen and oxygen atoms in total. The van der Waals surface area contributed by atoms with E-state index >= 15 is 0 Å². The molecule has 0 saturated heterocycles. The maximum absolute atomic E-state index is 12.7. The Labute approximate surface area is 226 Å². The van der Waals surface area contributed by atoms with Crippen molar-refractivity contribution in [3.63, 3.8) is 0 Å². The number of hydrogen-bond acceptors (Lipinski definition) is 6. The molecule has 0 unspecified atom stereocenters. The van der Waals surface area contributed by atoms with Gasteiger partial charge in [-0.05, 0) is 88.8 Å². The Morgan fingerprint density at radius 3 is 2.47 bits per heavy atom. The first-order valence-corrected chi connectivity index (χ1v) is 12.6. The zero-order valence-corrected chi connectivity index (χ0v) is 21.4. The summed E-state index contributed by atoms with van der Waals surface area (Å²) >= 11 is 3.36. The number of benzene rings is 4. The second kappa shape index (κ2) is 9.95. The average Bonchev–Trinajstić information content (AvgIpc) is 3.35. The summed E-state index contributed by atoms with van der Waals surface area (Å²) in [5, 5.41) is 5.07. The molecule has 4 aromatic rings. The van der Waals surface area contributed by atoms with Gasteiger partial charge in [0, 0.05) is 10.7 Å². The van der Waals surface area contributed by atoms with Crippen molar-refractivity contribution in [3.8, 4) is 11.5 Å². The number of nitrogens with one attached hydrogen (secondary N) is 1. The van der Waals surface area contributed by atoms with Crippen LogP contribution in [0.4, 0.5) is 11.4 Å². The van der Waals surface area contributed by atoms with E-state index in [1.165, 1.54) is 0 Å². The zero-order valence-electron chi connectivity index (χ0n) is 19.9. The van der Waals surface area contributed by atoms with Crippen molar-refractivity contribution in [1.82, 2.24) is 0 Å². The van der Waals surface area contributed by atoms with E-state index in [2.05, 4.69) is 26.2 Å².